The first-order chi connectivity index (χ1) is 22.1. The first-order valence-electron chi connectivity index (χ1n) is 14.7. The number of dihydropyridines is 1. The van der Waals surface area contributed by atoms with Crippen LogP contribution in [-0.2, 0) is 15.1 Å². The van der Waals surface area contributed by atoms with Gasteiger partial charge in [0.2, 0.25) is 11.5 Å². The van der Waals surface area contributed by atoms with Gasteiger partial charge in [0.25, 0.3) is 5.91 Å². The van der Waals surface area contributed by atoms with Gasteiger partial charge in [-0.05, 0) is 62.6 Å². The second-order valence-electron chi connectivity index (χ2n) is 12.4. The highest BCUT2D eigenvalue weighted by Crippen LogP contribution is 2.51. The third-order valence-electron chi connectivity index (χ3n) is 9.16. The van der Waals surface area contributed by atoms with Crippen LogP contribution in [-0.4, -0.2) is 65.8 Å². The van der Waals surface area contributed by atoms with E-state index in [0.717, 1.165) is 25.0 Å². The number of allylic oxidation sites excluding steroid dienone is 1. The van der Waals surface area contributed by atoms with Crippen molar-refractivity contribution in [3.8, 4) is 11.5 Å². The number of rotatable bonds is 9. The Morgan fingerprint density at radius 1 is 1.17 bits per heavy atom. The number of carbonyl (C=O) groups is 2. The van der Waals surface area contributed by atoms with Gasteiger partial charge in [-0.25, -0.2) is 4.39 Å². The fraction of sp³-hybridized carbons (Fsp3) is 0.406. The molecule has 15 heteroatoms. The van der Waals surface area contributed by atoms with Crippen molar-refractivity contribution in [2.45, 2.75) is 50.0 Å². The highest BCUT2D eigenvalue weighted by atomic mass is 19.4. The number of nitrogens with one attached hydrogen (secondary N) is 2. The van der Waals surface area contributed by atoms with Gasteiger partial charge < -0.3 is 35.7 Å². The zero-order chi connectivity index (χ0) is 34.1. The summed E-state index contributed by atoms with van der Waals surface area (Å²) in [6, 6.07) is 6.72. The molecule has 0 radical (unpaired) electrons. The summed E-state index contributed by atoms with van der Waals surface area (Å²) in [6.07, 6.45) is -0.725. The zero-order valence-corrected chi connectivity index (χ0v) is 25.9. The first kappa shape index (κ1) is 32.2. The number of methoxy groups -OCH3 is 2. The van der Waals surface area contributed by atoms with Crippen molar-refractivity contribution < 1.29 is 46.5 Å². The van der Waals surface area contributed by atoms with E-state index in [9.17, 15) is 32.3 Å². The summed E-state index contributed by atoms with van der Waals surface area (Å²) in [5, 5.41) is 21.5. The number of fused-ring (bicyclic) bond motifs is 1. The molecule has 0 spiro atoms. The molecular weight excluding hydrogens is 626 g/mol. The number of alkyl halides is 3. The number of benzene rings is 2. The topological polar surface area (TPSA) is 150 Å². The normalized spacial score (nSPS) is 23.7. The van der Waals surface area contributed by atoms with Crippen LogP contribution in [0.2, 0.25) is 0 Å². The highest BCUT2D eigenvalue weighted by Gasteiger charge is 2.61. The molecular formula is C32H33F4N5O6. The van der Waals surface area contributed by atoms with Crippen molar-refractivity contribution in [1.82, 2.24) is 20.4 Å². The standard InChI is InChI=1S/C32H33F4N5O6/c1-29(28(37)43)15-47-26-20(29)12-24(39-30(26,2)18-5-8-21(33)22(11-18)45-3)31(44,32(34,35)36)14-38-27(42)16-9-17-13-41(19-6-7-19)40-25(17)23(10-16)46-4/h5,8-13,19,39,44H,6-7,14-15H2,1-4H3,(H2,37,43)(H,38,42)/t29-,30?,31?/m0/s1. The van der Waals surface area contributed by atoms with Crippen LogP contribution in [0, 0.1) is 11.2 Å². The number of nitrogens with two attached hydrogens (primary N) is 1. The van der Waals surface area contributed by atoms with E-state index in [4.69, 9.17) is 19.9 Å². The fourth-order valence-corrected chi connectivity index (χ4v) is 5.96. The Balaban J connectivity index is 1.39. The molecule has 0 bridgehead atoms. The lowest BCUT2D eigenvalue weighted by Crippen LogP contribution is -2.61. The molecule has 2 aromatic carbocycles. The summed E-state index contributed by atoms with van der Waals surface area (Å²) in [4.78, 5) is 26.0. The van der Waals surface area contributed by atoms with Crippen molar-refractivity contribution >= 4 is 22.7 Å². The molecule has 47 heavy (non-hydrogen) atoms. The molecule has 11 nitrogen and oxygen atoms in total. The van der Waals surface area contributed by atoms with Crippen LogP contribution in [0.3, 0.4) is 0 Å². The molecule has 250 valence electrons. The summed E-state index contributed by atoms with van der Waals surface area (Å²) in [5.74, 6) is -2.41. The van der Waals surface area contributed by atoms with E-state index >= 15 is 0 Å². The molecule has 2 aliphatic heterocycles. The van der Waals surface area contributed by atoms with Gasteiger partial charge in [-0.3, -0.25) is 14.3 Å². The van der Waals surface area contributed by atoms with Crippen molar-refractivity contribution in [2.24, 2.45) is 11.1 Å². The number of hydrogen-bond acceptors (Lipinski definition) is 8. The van der Waals surface area contributed by atoms with Gasteiger partial charge in [0.1, 0.15) is 34.6 Å². The highest BCUT2D eigenvalue weighted by molar-refractivity contribution is 6.00. The van der Waals surface area contributed by atoms with Gasteiger partial charge in [0.05, 0.1) is 32.5 Å². The summed E-state index contributed by atoms with van der Waals surface area (Å²) in [7, 11) is 2.61. The van der Waals surface area contributed by atoms with Crippen LogP contribution in [0.5, 0.6) is 11.5 Å². The molecule has 3 atom stereocenters. The van der Waals surface area contributed by atoms with Gasteiger partial charge in [0.15, 0.2) is 11.6 Å². The number of aromatic nitrogens is 2. The Labute approximate surface area is 266 Å². The van der Waals surface area contributed by atoms with Crippen LogP contribution in [0.15, 0.2) is 59.6 Å². The fourth-order valence-electron chi connectivity index (χ4n) is 5.96. The lowest BCUT2D eigenvalue weighted by atomic mass is 9.74. The van der Waals surface area contributed by atoms with E-state index in [1.807, 2.05) is 0 Å². The Morgan fingerprint density at radius 2 is 1.87 bits per heavy atom. The van der Waals surface area contributed by atoms with Crippen molar-refractivity contribution in [3.05, 3.63) is 76.6 Å². The van der Waals surface area contributed by atoms with Gasteiger partial charge in [-0.1, -0.05) is 6.07 Å². The maximum Gasteiger partial charge on any atom is 0.424 e. The number of aliphatic hydroxyl groups is 1. The number of ether oxygens (including phenoxy) is 3. The SMILES string of the molecule is COc1cc(C2(C)NC(C(O)(CNC(=O)c3cc(OC)c4nn(C5CC5)cc4c3)C(F)(F)F)=CC3=C2OC[C@]3(C)C(N)=O)ccc1F. The van der Waals surface area contributed by atoms with E-state index in [0.29, 0.717) is 10.9 Å². The zero-order valence-electron chi connectivity index (χ0n) is 25.9. The molecule has 3 aromatic rings. The summed E-state index contributed by atoms with van der Waals surface area (Å²) in [5.41, 5.74) is -1.42. The summed E-state index contributed by atoms with van der Waals surface area (Å²) >= 11 is 0. The summed E-state index contributed by atoms with van der Waals surface area (Å²) < 4.78 is 77.4. The molecule has 1 aromatic heterocycles. The van der Waals surface area contributed by atoms with Crippen LogP contribution < -0.4 is 25.8 Å². The largest absolute Gasteiger partial charge is 0.494 e. The Kier molecular flexibility index (Phi) is 7.45. The molecule has 3 heterocycles. The monoisotopic (exact) mass is 659 g/mol. The lowest BCUT2D eigenvalue weighted by molar-refractivity contribution is -0.243. The van der Waals surface area contributed by atoms with E-state index in [2.05, 4.69) is 15.7 Å². The third-order valence-corrected chi connectivity index (χ3v) is 9.16. The van der Waals surface area contributed by atoms with Crippen LogP contribution in [0.1, 0.15) is 48.7 Å². The van der Waals surface area contributed by atoms with Gasteiger partial charge in [-0.15, -0.1) is 0 Å². The van der Waals surface area contributed by atoms with Gasteiger partial charge in [0, 0.05) is 22.7 Å². The maximum absolute atomic E-state index is 15.0. The van der Waals surface area contributed by atoms with Crippen molar-refractivity contribution in [2.75, 3.05) is 27.4 Å². The minimum absolute atomic E-state index is 0.0126. The van der Waals surface area contributed by atoms with E-state index in [1.54, 1.807) is 10.9 Å². The molecule has 2 unspecified atom stereocenters. The Bertz CT molecular complexity index is 1870. The molecule has 0 saturated heterocycles. The molecule has 6 rings (SSSR count). The number of carbonyl (C=O) groups excluding carboxylic acids is 2. The van der Waals surface area contributed by atoms with Crippen molar-refractivity contribution in [1.29, 1.82) is 0 Å². The van der Waals surface area contributed by atoms with Crippen LogP contribution in [0.4, 0.5) is 17.6 Å². The molecule has 3 aliphatic rings. The number of nitrogens with zero attached hydrogens (tertiary/aromatic N) is 2. The smallest absolute Gasteiger partial charge is 0.424 e. The molecule has 1 fully saturated rings. The number of amides is 2. The average molecular weight is 660 g/mol. The van der Waals surface area contributed by atoms with Crippen LogP contribution in [0.25, 0.3) is 10.9 Å². The molecule has 2 amide bonds. The lowest BCUT2D eigenvalue weighted by Gasteiger charge is -2.43. The van der Waals surface area contributed by atoms with Gasteiger partial charge in [-0.2, -0.15) is 18.3 Å². The predicted molar refractivity (Wildman–Crippen MR) is 160 cm³/mol. The second kappa shape index (κ2) is 10.9. The Morgan fingerprint density at radius 3 is 2.49 bits per heavy atom. The predicted octanol–water partition coefficient (Wildman–Crippen LogP) is 3.73. The number of halogens is 4. The number of primary amides is 1. The van der Waals surface area contributed by atoms with Gasteiger partial charge >= 0.3 is 6.18 Å². The minimum Gasteiger partial charge on any atom is -0.494 e. The van der Waals surface area contributed by atoms with E-state index in [1.165, 1.54) is 52.3 Å². The first-order valence-corrected chi connectivity index (χ1v) is 14.7. The molecule has 1 saturated carbocycles. The van der Waals surface area contributed by atoms with E-state index in [-0.39, 0.29) is 46.6 Å². The second-order valence-corrected chi connectivity index (χ2v) is 12.4. The Hall–Kier alpha value is -4.79. The quantitative estimate of drug-likeness (QED) is 0.254. The number of hydrogen-bond donors (Lipinski definition) is 4. The third kappa shape index (κ3) is 5.12. The van der Waals surface area contributed by atoms with Crippen LogP contribution >= 0.6 is 0 Å². The maximum atomic E-state index is 15.0. The molecule has 5 N–H and O–H groups in total. The average Bonchev–Trinajstić information content (AvgIpc) is 3.69. The van der Waals surface area contributed by atoms with Crippen molar-refractivity contribution in [3.63, 3.8) is 0 Å². The molecule has 1 aliphatic carbocycles. The minimum atomic E-state index is -5.35. The van der Waals surface area contributed by atoms with E-state index < -0.39 is 52.6 Å². The summed E-state index contributed by atoms with van der Waals surface area (Å²) in [6.45, 7) is 1.24.